The maximum absolute atomic E-state index is 4.43. The van der Waals surface area contributed by atoms with E-state index in [9.17, 15) is 0 Å². The Bertz CT molecular complexity index is 2300. The minimum Gasteiger partial charge on any atom is -0.316 e. The Morgan fingerprint density at radius 3 is 1.78 bits per heavy atom. The quantitative estimate of drug-likeness (QED) is 0.205. The Hall–Kier alpha value is -6.26. The summed E-state index contributed by atoms with van der Waals surface area (Å²) in [7, 11) is 0. The fourth-order valence-corrected chi connectivity index (χ4v) is 6.86. The van der Waals surface area contributed by atoms with Gasteiger partial charge in [0.1, 0.15) is 0 Å². The molecule has 46 heavy (non-hydrogen) atoms. The third kappa shape index (κ3) is 4.23. The van der Waals surface area contributed by atoms with E-state index in [1.165, 1.54) is 33.2 Å². The molecule has 9 rings (SSSR count). The van der Waals surface area contributed by atoms with Crippen molar-refractivity contribution in [2.75, 3.05) is 4.90 Å². The standard InChI is InChI=1S/C42H28N4/c1-2-12-34(13-3-1)46-39-17-7-6-15-37(39)36-14-4-5-16-38(36)41-40(46)19-18-29-20-23-45(42(29)41)35-25-32(30-10-8-21-43-27-30)24-33(26-35)31-11-9-22-44-28-31/h1-28H. The number of rotatable bonds is 4. The van der Waals surface area contributed by atoms with Crippen LogP contribution in [0.2, 0.25) is 0 Å². The average molecular weight is 589 g/mol. The number of nitrogens with zero attached hydrogens (tertiary/aromatic N) is 4. The number of anilines is 3. The topological polar surface area (TPSA) is 34.0 Å². The SMILES string of the molecule is c1ccc(N2c3ccccc3-c3ccccc3-c3c2ccc2ccn(-c4cc(-c5cccnc5)cc(-c5cccnc5)c4)c32)cc1. The van der Waals surface area contributed by atoms with Gasteiger partial charge in [-0.15, -0.1) is 0 Å². The zero-order chi connectivity index (χ0) is 30.5. The highest BCUT2D eigenvalue weighted by Gasteiger charge is 2.28. The summed E-state index contributed by atoms with van der Waals surface area (Å²) in [6.07, 6.45) is 9.69. The molecule has 1 aliphatic rings. The van der Waals surface area contributed by atoms with Gasteiger partial charge >= 0.3 is 0 Å². The monoisotopic (exact) mass is 588 g/mol. The van der Waals surface area contributed by atoms with Gasteiger partial charge in [0, 0.05) is 70.0 Å². The third-order valence-electron chi connectivity index (χ3n) is 8.90. The van der Waals surface area contributed by atoms with Crippen LogP contribution in [0.15, 0.2) is 171 Å². The molecule has 0 atom stereocenters. The summed E-state index contributed by atoms with van der Waals surface area (Å²) in [5.41, 5.74) is 14.9. The molecule has 5 aromatic carbocycles. The van der Waals surface area contributed by atoms with Gasteiger partial charge in [0.15, 0.2) is 0 Å². The predicted molar refractivity (Wildman–Crippen MR) is 189 cm³/mol. The van der Waals surface area contributed by atoms with Gasteiger partial charge < -0.3 is 9.47 Å². The van der Waals surface area contributed by atoms with Crippen molar-refractivity contribution in [1.29, 1.82) is 0 Å². The lowest BCUT2D eigenvalue weighted by atomic mass is 9.93. The van der Waals surface area contributed by atoms with Crippen LogP contribution in [-0.4, -0.2) is 14.5 Å². The van der Waals surface area contributed by atoms with Crippen molar-refractivity contribution in [3.8, 4) is 50.2 Å². The Labute approximate surface area is 267 Å². The van der Waals surface area contributed by atoms with Crippen molar-refractivity contribution in [1.82, 2.24) is 14.5 Å². The van der Waals surface area contributed by atoms with Crippen LogP contribution in [0.1, 0.15) is 0 Å². The molecule has 0 saturated carbocycles. The molecule has 0 fully saturated rings. The molecule has 0 aliphatic carbocycles. The van der Waals surface area contributed by atoms with Crippen molar-refractivity contribution in [3.63, 3.8) is 0 Å². The highest BCUT2D eigenvalue weighted by Crippen LogP contribution is 2.53. The van der Waals surface area contributed by atoms with Crippen LogP contribution in [0, 0.1) is 0 Å². The number of pyridine rings is 2. The molecule has 4 nitrogen and oxygen atoms in total. The van der Waals surface area contributed by atoms with E-state index in [1.54, 1.807) is 0 Å². The number of benzene rings is 5. The summed E-state index contributed by atoms with van der Waals surface area (Å²) in [5.74, 6) is 0. The predicted octanol–water partition coefficient (Wildman–Crippen LogP) is 10.9. The van der Waals surface area contributed by atoms with E-state index in [0.29, 0.717) is 0 Å². The van der Waals surface area contributed by atoms with Crippen molar-refractivity contribution < 1.29 is 0 Å². The first kappa shape index (κ1) is 26.2. The van der Waals surface area contributed by atoms with E-state index in [-0.39, 0.29) is 0 Å². The Balaban J connectivity index is 1.37. The number of hydrogen-bond donors (Lipinski definition) is 0. The van der Waals surface area contributed by atoms with Gasteiger partial charge in [-0.1, -0.05) is 78.9 Å². The van der Waals surface area contributed by atoms with E-state index >= 15 is 0 Å². The first-order valence-corrected chi connectivity index (χ1v) is 15.5. The molecule has 0 bridgehead atoms. The van der Waals surface area contributed by atoms with Crippen molar-refractivity contribution in [3.05, 3.63) is 171 Å². The lowest BCUT2D eigenvalue weighted by Crippen LogP contribution is -2.11. The first-order chi connectivity index (χ1) is 22.8. The minimum atomic E-state index is 1.07. The molecule has 1 aliphatic heterocycles. The van der Waals surface area contributed by atoms with Crippen LogP contribution in [0.4, 0.5) is 17.1 Å². The van der Waals surface area contributed by atoms with Crippen LogP contribution >= 0.6 is 0 Å². The maximum atomic E-state index is 4.43. The lowest BCUT2D eigenvalue weighted by Gasteiger charge is -2.27. The first-order valence-electron chi connectivity index (χ1n) is 15.5. The smallest absolute Gasteiger partial charge is 0.0628 e. The lowest BCUT2D eigenvalue weighted by molar-refractivity contribution is 1.13. The molecular weight excluding hydrogens is 560 g/mol. The Morgan fingerprint density at radius 1 is 0.435 bits per heavy atom. The second-order valence-corrected chi connectivity index (χ2v) is 11.6. The number of aromatic nitrogens is 3. The molecule has 3 aromatic heterocycles. The molecule has 8 aromatic rings. The second kappa shape index (κ2) is 10.7. The second-order valence-electron chi connectivity index (χ2n) is 11.6. The van der Waals surface area contributed by atoms with Crippen LogP contribution in [-0.2, 0) is 0 Å². The normalized spacial score (nSPS) is 11.9. The van der Waals surface area contributed by atoms with E-state index in [4.69, 9.17) is 0 Å². The molecule has 0 radical (unpaired) electrons. The van der Waals surface area contributed by atoms with E-state index < -0.39 is 0 Å². The third-order valence-corrected chi connectivity index (χ3v) is 8.90. The summed E-state index contributed by atoms with van der Waals surface area (Å²) in [4.78, 5) is 11.3. The van der Waals surface area contributed by atoms with Gasteiger partial charge in [0.05, 0.1) is 16.9 Å². The van der Waals surface area contributed by atoms with Crippen molar-refractivity contribution >= 4 is 28.0 Å². The average Bonchev–Trinajstić information content (AvgIpc) is 3.52. The largest absolute Gasteiger partial charge is 0.316 e. The summed E-state index contributed by atoms with van der Waals surface area (Å²) in [6, 6.07) is 50.0. The van der Waals surface area contributed by atoms with E-state index in [1.807, 2.05) is 36.9 Å². The zero-order valence-corrected chi connectivity index (χ0v) is 25.0. The number of hydrogen-bond acceptors (Lipinski definition) is 3. The van der Waals surface area contributed by atoms with Crippen LogP contribution in [0.3, 0.4) is 0 Å². The van der Waals surface area contributed by atoms with E-state index in [0.717, 1.165) is 45.0 Å². The molecule has 0 spiro atoms. The van der Waals surface area contributed by atoms with E-state index in [2.05, 4.69) is 153 Å². The summed E-state index contributed by atoms with van der Waals surface area (Å²) in [5, 5.41) is 1.18. The van der Waals surface area contributed by atoms with Gasteiger partial charge in [-0.25, -0.2) is 0 Å². The summed E-state index contributed by atoms with van der Waals surface area (Å²) < 4.78 is 2.35. The number of fused-ring (bicyclic) bond motifs is 7. The van der Waals surface area contributed by atoms with Crippen molar-refractivity contribution in [2.45, 2.75) is 0 Å². The fraction of sp³-hybridized carbons (Fsp3) is 0. The van der Waals surface area contributed by atoms with Crippen LogP contribution < -0.4 is 4.90 Å². The summed E-state index contributed by atoms with van der Waals surface area (Å²) >= 11 is 0. The maximum Gasteiger partial charge on any atom is 0.0628 e. The molecule has 0 N–H and O–H groups in total. The van der Waals surface area contributed by atoms with Crippen molar-refractivity contribution in [2.24, 2.45) is 0 Å². The molecule has 0 saturated heterocycles. The zero-order valence-electron chi connectivity index (χ0n) is 25.0. The van der Waals surface area contributed by atoms with Gasteiger partial charge in [-0.2, -0.15) is 0 Å². The fourth-order valence-electron chi connectivity index (χ4n) is 6.86. The van der Waals surface area contributed by atoms with Gasteiger partial charge in [-0.05, 0) is 82.9 Å². The molecule has 216 valence electrons. The Morgan fingerprint density at radius 2 is 1.09 bits per heavy atom. The minimum absolute atomic E-state index is 1.07. The Kier molecular flexibility index (Phi) is 6.10. The molecule has 4 heterocycles. The molecular formula is C42H28N4. The molecule has 0 amide bonds. The highest BCUT2D eigenvalue weighted by atomic mass is 15.2. The van der Waals surface area contributed by atoms with Gasteiger partial charge in [0.25, 0.3) is 0 Å². The van der Waals surface area contributed by atoms with Crippen LogP contribution in [0.5, 0.6) is 0 Å². The highest BCUT2D eigenvalue weighted by molar-refractivity contribution is 6.11. The molecule has 4 heteroatoms. The van der Waals surface area contributed by atoms with Crippen LogP contribution in [0.25, 0.3) is 61.1 Å². The number of para-hydroxylation sites is 2. The summed E-state index contributed by atoms with van der Waals surface area (Å²) in [6.45, 7) is 0. The van der Waals surface area contributed by atoms with Gasteiger partial charge in [-0.3, -0.25) is 9.97 Å². The van der Waals surface area contributed by atoms with Gasteiger partial charge in [0.2, 0.25) is 0 Å². The molecule has 0 unspecified atom stereocenters.